The van der Waals surface area contributed by atoms with Crippen LogP contribution >= 0.6 is 0 Å². The number of hydrogen-bond donors (Lipinski definition) is 1. The summed E-state index contributed by atoms with van der Waals surface area (Å²) < 4.78 is 12.3. The van der Waals surface area contributed by atoms with Crippen molar-refractivity contribution in [1.29, 1.82) is 0 Å². The zero-order valence-corrected chi connectivity index (χ0v) is 15.8. The first-order chi connectivity index (χ1) is 14.1. The van der Waals surface area contributed by atoms with Crippen LogP contribution in [0.2, 0.25) is 0 Å². The molecule has 0 aliphatic heterocycles. The molecule has 0 aliphatic rings. The smallest absolute Gasteiger partial charge is 0.248 e. The Morgan fingerprint density at radius 3 is 2.62 bits per heavy atom. The van der Waals surface area contributed by atoms with Crippen molar-refractivity contribution in [2.24, 2.45) is 5.73 Å². The highest BCUT2D eigenvalue weighted by molar-refractivity contribution is 5.92. The zero-order valence-electron chi connectivity index (χ0n) is 15.8. The van der Waals surface area contributed by atoms with Crippen LogP contribution in [-0.4, -0.2) is 46.2 Å². The Morgan fingerprint density at radius 2 is 1.86 bits per heavy atom. The molecule has 2 N–H and O–H groups in total. The van der Waals surface area contributed by atoms with Crippen LogP contribution in [0.4, 0.5) is 0 Å². The summed E-state index contributed by atoms with van der Waals surface area (Å²) in [6.45, 7) is 1.03. The van der Waals surface area contributed by atoms with E-state index in [4.69, 9.17) is 15.2 Å². The number of carbonyl (C=O) groups is 1. The van der Waals surface area contributed by atoms with Crippen molar-refractivity contribution in [2.45, 2.75) is 0 Å². The number of nitrogens with two attached hydrogens (primary N) is 1. The molecule has 0 atom stereocenters. The van der Waals surface area contributed by atoms with Crippen molar-refractivity contribution in [1.82, 2.24) is 20.0 Å². The molecule has 146 valence electrons. The van der Waals surface area contributed by atoms with Crippen molar-refractivity contribution in [3.05, 3.63) is 66.4 Å². The van der Waals surface area contributed by atoms with Gasteiger partial charge in [0.15, 0.2) is 0 Å². The van der Waals surface area contributed by atoms with Crippen LogP contribution in [0, 0.1) is 0 Å². The fourth-order valence-corrected chi connectivity index (χ4v) is 2.86. The first-order valence-electron chi connectivity index (χ1n) is 8.99. The van der Waals surface area contributed by atoms with Crippen molar-refractivity contribution in [3.63, 3.8) is 0 Å². The van der Waals surface area contributed by atoms with Gasteiger partial charge in [-0.25, -0.2) is 9.67 Å². The maximum absolute atomic E-state index is 11.2. The average molecular weight is 389 g/mol. The van der Waals surface area contributed by atoms with Crippen molar-refractivity contribution >= 4 is 16.8 Å². The van der Waals surface area contributed by atoms with Gasteiger partial charge in [0.1, 0.15) is 18.1 Å². The minimum absolute atomic E-state index is 0.441. The second-order valence-corrected chi connectivity index (χ2v) is 6.35. The van der Waals surface area contributed by atoms with E-state index in [9.17, 15) is 4.79 Å². The summed E-state index contributed by atoms with van der Waals surface area (Å²) in [6.07, 6.45) is 1.79. The number of benzene rings is 2. The van der Waals surface area contributed by atoms with Crippen molar-refractivity contribution in [3.8, 4) is 22.8 Å². The second-order valence-electron chi connectivity index (χ2n) is 6.35. The number of carbonyl (C=O) groups excluding carboxylic acids is 1. The molecule has 0 aliphatic carbocycles. The molecule has 0 unspecified atom stereocenters. The topological polar surface area (TPSA) is 105 Å². The molecule has 0 saturated heterocycles. The standard InChI is InChI=1S/C21H19N5O3/c1-28-10-11-29-17-7-9-18-15(12-17)4-8-19(23-18)20-13-26(25-24-20)16-5-2-14(3-6-16)21(22)27/h2-9,12-13H,10-11H2,1H3,(H2,22,27). The van der Waals surface area contributed by atoms with Gasteiger partial charge in [-0.1, -0.05) is 11.3 Å². The van der Waals surface area contributed by atoms with E-state index in [2.05, 4.69) is 15.3 Å². The highest BCUT2D eigenvalue weighted by Gasteiger charge is 2.09. The summed E-state index contributed by atoms with van der Waals surface area (Å²) in [5, 5.41) is 9.34. The number of hydrogen-bond acceptors (Lipinski definition) is 6. The molecule has 4 rings (SSSR count). The minimum Gasteiger partial charge on any atom is -0.491 e. The molecule has 0 radical (unpaired) electrons. The van der Waals surface area contributed by atoms with E-state index >= 15 is 0 Å². The maximum atomic E-state index is 11.2. The number of amides is 1. The number of nitrogens with zero attached hydrogens (tertiary/aromatic N) is 4. The van der Waals surface area contributed by atoms with E-state index in [0.29, 0.717) is 30.2 Å². The van der Waals surface area contributed by atoms with Gasteiger partial charge in [0, 0.05) is 18.1 Å². The molecular formula is C21H19N5O3. The predicted octanol–water partition coefficient (Wildman–Crippen LogP) is 2.61. The van der Waals surface area contributed by atoms with E-state index in [0.717, 1.165) is 22.3 Å². The van der Waals surface area contributed by atoms with E-state index in [1.54, 1.807) is 42.3 Å². The van der Waals surface area contributed by atoms with Gasteiger partial charge in [-0.3, -0.25) is 4.79 Å². The number of aromatic nitrogens is 4. The van der Waals surface area contributed by atoms with Crippen molar-refractivity contribution < 1.29 is 14.3 Å². The van der Waals surface area contributed by atoms with Gasteiger partial charge in [0.25, 0.3) is 0 Å². The fraction of sp³-hybridized carbons (Fsp3) is 0.143. The zero-order chi connectivity index (χ0) is 20.2. The average Bonchev–Trinajstić information content (AvgIpc) is 3.24. The number of pyridine rings is 1. The van der Waals surface area contributed by atoms with E-state index < -0.39 is 5.91 Å². The number of primary amides is 1. The third-order valence-corrected chi connectivity index (χ3v) is 4.39. The van der Waals surface area contributed by atoms with Gasteiger partial charge in [-0.2, -0.15) is 0 Å². The van der Waals surface area contributed by atoms with Crippen LogP contribution in [0.3, 0.4) is 0 Å². The lowest BCUT2D eigenvalue weighted by Crippen LogP contribution is -2.10. The third-order valence-electron chi connectivity index (χ3n) is 4.39. The third kappa shape index (κ3) is 4.07. The first kappa shape index (κ1) is 18.6. The summed E-state index contributed by atoms with van der Waals surface area (Å²) in [7, 11) is 1.64. The second kappa shape index (κ2) is 8.07. The summed E-state index contributed by atoms with van der Waals surface area (Å²) >= 11 is 0. The lowest BCUT2D eigenvalue weighted by atomic mass is 10.1. The lowest BCUT2D eigenvalue weighted by Gasteiger charge is -2.07. The largest absolute Gasteiger partial charge is 0.491 e. The van der Waals surface area contributed by atoms with E-state index in [-0.39, 0.29) is 0 Å². The number of methoxy groups -OCH3 is 1. The molecular weight excluding hydrogens is 370 g/mol. The van der Waals surface area contributed by atoms with Crippen LogP contribution in [0.1, 0.15) is 10.4 Å². The fourth-order valence-electron chi connectivity index (χ4n) is 2.86. The SMILES string of the molecule is COCCOc1ccc2nc(-c3cn(-c4ccc(C(N)=O)cc4)nn3)ccc2c1. The lowest BCUT2D eigenvalue weighted by molar-refractivity contribution is 0.100. The number of rotatable bonds is 7. The molecule has 0 bridgehead atoms. The Bertz CT molecular complexity index is 1150. The first-order valence-corrected chi connectivity index (χ1v) is 8.99. The molecule has 8 heteroatoms. The molecule has 0 spiro atoms. The normalized spacial score (nSPS) is 10.9. The van der Waals surface area contributed by atoms with Crippen LogP contribution < -0.4 is 10.5 Å². The summed E-state index contributed by atoms with van der Waals surface area (Å²) in [4.78, 5) is 15.9. The van der Waals surface area contributed by atoms with Crippen LogP contribution in [-0.2, 0) is 4.74 Å². The molecule has 0 fully saturated rings. The molecule has 2 aromatic heterocycles. The van der Waals surface area contributed by atoms with Crippen LogP contribution in [0.25, 0.3) is 28.0 Å². The molecule has 2 heterocycles. The van der Waals surface area contributed by atoms with Gasteiger partial charge in [-0.05, 0) is 48.5 Å². The van der Waals surface area contributed by atoms with Gasteiger partial charge in [-0.15, -0.1) is 5.10 Å². The quantitative estimate of drug-likeness (QED) is 0.487. The Balaban J connectivity index is 1.57. The highest BCUT2D eigenvalue weighted by Crippen LogP contribution is 2.23. The van der Waals surface area contributed by atoms with E-state index in [1.807, 2.05) is 30.3 Å². The molecule has 1 amide bonds. The maximum Gasteiger partial charge on any atom is 0.248 e. The Morgan fingerprint density at radius 1 is 1.03 bits per heavy atom. The van der Waals surface area contributed by atoms with E-state index in [1.165, 1.54) is 0 Å². The van der Waals surface area contributed by atoms with Gasteiger partial charge < -0.3 is 15.2 Å². The molecule has 2 aromatic carbocycles. The summed E-state index contributed by atoms with van der Waals surface area (Å²) in [5.41, 5.74) is 8.68. The van der Waals surface area contributed by atoms with Crippen LogP contribution in [0.15, 0.2) is 60.8 Å². The molecule has 29 heavy (non-hydrogen) atoms. The molecule has 4 aromatic rings. The molecule has 8 nitrogen and oxygen atoms in total. The summed E-state index contributed by atoms with van der Waals surface area (Å²) in [6, 6.07) is 16.4. The monoisotopic (exact) mass is 389 g/mol. The highest BCUT2D eigenvalue weighted by atomic mass is 16.5. The Labute approximate surface area is 166 Å². The Hall–Kier alpha value is -3.78. The molecule has 0 saturated carbocycles. The summed E-state index contributed by atoms with van der Waals surface area (Å²) in [5.74, 6) is 0.304. The Kier molecular flexibility index (Phi) is 5.17. The van der Waals surface area contributed by atoms with Crippen molar-refractivity contribution in [2.75, 3.05) is 20.3 Å². The van der Waals surface area contributed by atoms with Gasteiger partial charge >= 0.3 is 0 Å². The van der Waals surface area contributed by atoms with Gasteiger partial charge in [0.05, 0.1) is 29.7 Å². The number of fused-ring (bicyclic) bond motifs is 1. The van der Waals surface area contributed by atoms with Gasteiger partial charge in [0.2, 0.25) is 5.91 Å². The van der Waals surface area contributed by atoms with Crippen LogP contribution in [0.5, 0.6) is 5.75 Å². The minimum atomic E-state index is -0.469. The predicted molar refractivity (Wildman–Crippen MR) is 108 cm³/mol. The number of ether oxygens (including phenoxy) is 2.